The van der Waals surface area contributed by atoms with E-state index < -0.39 is 0 Å². The number of carbonyl (C=O) groups is 1. The number of hydroxylamine groups is 2. The van der Waals surface area contributed by atoms with Crippen molar-refractivity contribution in [2.24, 2.45) is 5.92 Å². The highest BCUT2D eigenvalue weighted by atomic mass is 16.8. The van der Waals surface area contributed by atoms with Crippen LogP contribution in [0.25, 0.3) is 0 Å². The van der Waals surface area contributed by atoms with Crippen LogP contribution < -0.4 is 0 Å². The van der Waals surface area contributed by atoms with Crippen molar-refractivity contribution in [2.75, 3.05) is 19.6 Å². The third-order valence-corrected chi connectivity index (χ3v) is 4.29. The number of hydrogen-bond donors (Lipinski definition) is 1. The van der Waals surface area contributed by atoms with E-state index in [0.717, 1.165) is 25.9 Å². The summed E-state index contributed by atoms with van der Waals surface area (Å²) in [5.74, 6) is 0.425. The van der Waals surface area contributed by atoms with Crippen LogP contribution in [0.5, 0.6) is 0 Å². The van der Waals surface area contributed by atoms with E-state index in [4.69, 9.17) is 5.21 Å². The van der Waals surface area contributed by atoms with E-state index in [1.165, 1.54) is 19.3 Å². The second kappa shape index (κ2) is 6.61. The van der Waals surface area contributed by atoms with Crippen molar-refractivity contribution < 1.29 is 10.0 Å². The van der Waals surface area contributed by atoms with Crippen molar-refractivity contribution in [2.45, 2.75) is 51.0 Å². The molecule has 1 aliphatic heterocycles. The number of Topliss-reactive ketones (excluding diaryl/α,β-unsaturated/α-hetero) is 1. The van der Waals surface area contributed by atoms with Crippen molar-refractivity contribution in [1.29, 1.82) is 0 Å². The summed E-state index contributed by atoms with van der Waals surface area (Å²) in [5, 5.41) is 19.7. The summed E-state index contributed by atoms with van der Waals surface area (Å²) in [6.07, 6.45) is 6.46. The van der Waals surface area contributed by atoms with Gasteiger partial charge in [0.1, 0.15) is 5.78 Å². The second-order valence-corrected chi connectivity index (χ2v) is 5.61. The van der Waals surface area contributed by atoms with Crippen molar-refractivity contribution >= 4 is 5.78 Å². The zero-order valence-electron chi connectivity index (χ0n) is 10.9. The minimum absolute atomic E-state index is 0.0608. The molecule has 0 amide bonds. The normalized spacial score (nSPS) is 30.6. The molecule has 5 nitrogen and oxygen atoms in total. The average Bonchev–Trinajstić information content (AvgIpc) is 2.40. The van der Waals surface area contributed by atoms with Crippen LogP contribution in [0.2, 0.25) is 0 Å². The lowest BCUT2D eigenvalue weighted by molar-refractivity contribution is -0.128. The van der Waals surface area contributed by atoms with Crippen molar-refractivity contribution in [3.05, 3.63) is 5.21 Å². The fourth-order valence-electron chi connectivity index (χ4n) is 3.09. The summed E-state index contributed by atoms with van der Waals surface area (Å²) in [7, 11) is 0. The van der Waals surface area contributed by atoms with Gasteiger partial charge in [0.2, 0.25) is 0 Å². The Kier molecular flexibility index (Phi) is 5.12. The molecule has 0 spiro atoms. The maximum absolute atomic E-state index is 12.1. The Bertz CT molecular complexity index is 269. The van der Waals surface area contributed by atoms with E-state index >= 15 is 0 Å². The zero-order valence-corrected chi connectivity index (χ0v) is 10.9. The van der Waals surface area contributed by atoms with E-state index in [1.807, 2.05) is 0 Å². The molecule has 5 heteroatoms. The summed E-state index contributed by atoms with van der Waals surface area (Å²) in [6.45, 7) is 2.67. The van der Waals surface area contributed by atoms with Crippen LogP contribution in [0, 0.1) is 11.1 Å². The summed E-state index contributed by atoms with van der Waals surface area (Å²) in [5.41, 5.74) is 0. The molecule has 0 bridgehead atoms. The molecule has 2 aliphatic rings. The Morgan fingerprint density at radius 3 is 2.33 bits per heavy atom. The van der Waals surface area contributed by atoms with Gasteiger partial charge in [-0.15, -0.1) is 0 Å². The summed E-state index contributed by atoms with van der Waals surface area (Å²) < 4.78 is 0. The lowest BCUT2D eigenvalue weighted by atomic mass is 9.83. The molecule has 1 aliphatic carbocycles. The van der Waals surface area contributed by atoms with Crippen LogP contribution in [0.4, 0.5) is 0 Å². The third kappa shape index (κ3) is 3.75. The smallest absolute Gasteiger partial charge is 0.149 e. The van der Waals surface area contributed by atoms with Gasteiger partial charge in [-0.1, -0.05) is 6.42 Å². The molecular weight excluding hydrogens is 232 g/mol. The zero-order chi connectivity index (χ0) is 13.0. The summed E-state index contributed by atoms with van der Waals surface area (Å²) >= 11 is 0. The van der Waals surface area contributed by atoms with Gasteiger partial charge in [-0.3, -0.25) is 14.9 Å². The van der Waals surface area contributed by atoms with Gasteiger partial charge in [-0.05, 0) is 51.6 Å². The molecule has 0 aromatic rings. The fraction of sp³-hybridized carbons (Fsp3) is 0.923. The number of ketones is 1. The molecule has 1 saturated heterocycles. The highest BCUT2D eigenvalue weighted by molar-refractivity contribution is 5.83. The summed E-state index contributed by atoms with van der Waals surface area (Å²) in [6, 6.07) is -0.302. The minimum atomic E-state index is -0.302. The molecule has 2 fully saturated rings. The topological polar surface area (TPSA) is 66.8 Å². The SMILES string of the molecule is O=C(CN1CCCCC1)C1CCC(N([O-])O)CC1. The Morgan fingerprint density at radius 2 is 1.78 bits per heavy atom. The van der Waals surface area contributed by atoms with Gasteiger partial charge in [0.25, 0.3) is 0 Å². The largest absolute Gasteiger partial charge is 0.762 e. The van der Waals surface area contributed by atoms with Crippen LogP contribution in [-0.2, 0) is 4.79 Å². The fourth-order valence-corrected chi connectivity index (χ4v) is 3.09. The van der Waals surface area contributed by atoms with E-state index in [2.05, 4.69) is 4.90 Å². The lowest BCUT2D eigenvalue weighted by Crippen LogP contribution is -2.39. The molecule has 1 N–H and O–H groups in total. The second-order valence-electron chi connectivity index (χ2n) is 5.61. The van der Waals surface area contributed by atoms with E-state index in [1.54, 1.807) is 0 Å². The number of nitrogens with zero attached hydrogens (tertiary/aromatic N) is 2. The molecule has 104 valence electrons. The minimum Gasteiger partial charge on any atom is -0.762 e. The average molecular weight is 255 g/mol. The number of hydrogen-bond acceptors (Lipinski definition) is 5. The van der Waals surface area contributed by atoms with Crippen LogP contribution in [0.3, 0.4) is 0 Å². The van der Waals surface area contributed by atoms with E-state index in [9.17, 15) is 10.0 Å². The van der Waals surface area contributed by atoms with Crippen molar-refractivity contribution in [3.63, 3.8) is 0 Å². The Hall–Kier alpha value is -0.490. The maximum atomic E-state index is 12.1. The third-order valence-electron chi connectivity index (χ3n) is 4.29. The van der Waals surface area contributed by atoms with Crippen molar-refractivity contribution in [1.82, 2.24) is 10.1 Å². The molecule has 18 heavy (non-hydrogen) atoms. The first-order valence-corrected chi connectivity index (χ1v) is 7.07. The number of rotatable bonds is 4. The number of carbonyl (C=O) groups excluding carboxylic acids is 1. The van der Waals surface area contributed by atoms with Gasteiger partial charge in [-0.2, -0.15) is 0 Å². The standard InChI is InChI=1S/C13H23N2O3/c16-13(10-14-8-2-1-3-9-14)11-4-6-12(7-5-11)15(17)18/h11-12,17H,1-10H2/q-1. The first kappa shape index (κ1) is 13.9. The number of piperidine rings is 1. The van der Waals surface area contributed by atoms with Crippen molar-refractivity contribution in [3.8, 4) is 0 Å². The Morgan fingerprint density at radius 1 is 1.17 bits per heavy atom. The number of likely N-dealkylation sites (tertiary alicyclic amines) is 1. The van der Waals surface area contributed by atoms with Crippen LogP contribution in [0.1, 0.15) is 44.9 Å². The predicted octanol–water partition coefficient (Wildman–Crippen LogP) is 1.79. The lowest BCUT2D eigenvalue weighted by Gasteiger charge is -2.36. The maximum Gasteiger partial charge on any atom is 0.149 e. The van der Waals surface area contributed by atoms with Gasteiger partial charge in [0.15, 0.2) is 0 Å². The highest BCUT2D eigenvalue weighted by Gasteiger charge is 2.27. The van der Waals surface area contributed by atoms with E-state index in [-0.39, 0.29) is 17.2 Å². The molecule has 0 radical (unpaired) electrons. The van der Waals surface area contributed by atoms with Crippen LogP contribution in [0.15, 0.2) is 0 Å². The quantitative estimate of drug-likeness (QED) is 0.776. The summed E-state index contributed by atoms with van der Waals surface area (Å²) in [4.78, 5) is 14.4. The monoisotopic (exact) mass is 255 g/mol. The van der Waals surface area contributed by atoms with Gasteiger partial charge in [0, 0.05) is 12.0 Å². The van der Waals surface area contributed by atoms with Crippen LogP contribution >= 0.6 is 0 Å². The molecule has 0 atom stereocenters. The van der Waals surface area contributed by atoms with Gasteiger partial charge in [0.05, 0.1) is 6.54 Å². The first-order valence-electron chi connectivity index (χ1n) is 7.07. The Labute approximate surface area is 108 Å². The molecule has 0 aromatic carbocycles. The highest BCUT2D eigenvalue weighted by Crippen LogP contribution is 2.27. The molecule has 0 unspecified atom stereocenters. The van der Waals surface area contributed by atoms with Gasteiger partial charge < -0.3 is 10.4 Å². The molecular formula is C13H23N2O3-. The van der Waals surface area contributed by atoms with Gasteiger partial charge >= 0.3 is 0 Å². The molecule has 1 saturated carbocycles. The van der Waals surface area contributed by atoms with E-state index in [0.29, 0.717) is 25.2 Å². The Balaban J connectivity index is 1.73. The van der Waals surface area contributed by atoms with Crippen LogP contribution in [-0.4, -0.2) is 46.8 Å². The molecule has 2 rings (SSSR count). The van der Waals surface area contributed by atoms with Gasteiger partial charge in [-0.25, -0.2) is 0 Å². The first-order chi connectivity index (χ1) is 8.66. The predicted molar refractivity (Wildman–Crippen MR) is 68.0 cm³/mol. The molecule has 0 aromatic heterocycles. The molecule has 1 heterocycles.